The Morgan fingerprint density at radius 1 is 1.14 bits per heavy atom. The van der Waals surface area contributed by atoms with Crippen molar-refractivity contribution in [1.82, 2.24) is 0 Å². The van der Waals surface area contributed by atoms with Gasteiger partial charge in [0.15, 0.2) is 0 Å². The van der Waals surface area contributed by atoms with Crippen LogP contribution < -0.4 is 9.67 Å². The molecule has 28 heavy (non-hydrogen) atoms. The van der Waals surface area contributed by atoms with E-state index >= 15 is 0 Å². The topological polar surface area (TPSA) is 116 Å². The Hall–Kier alpha value is -2.31. The molecule has 0 aliphatic heterocycles. The van der Waals surface area contributed by atoms with Crippen LogP contribution in [0.15, 0.2) is 48.6 Å². The summed E-state index contributed by atoms with van der Waals surface area (Å²) in [5, 5.41) is 20.5. The molecule has 0 radical (unpaired) electrons. The van der Waals surface area contributed by atoms with Crippen LogP contribution in [-0.4, -0.2) is 34.5 Å². The van der Waals surface area contributed by atoms with Crippen molar-refractivity contribution < 1.29 is 26.9 Å². The summed E-state index contributed by atoms with van der Waals surface area (Å²) in [5.74, 6) is 0.182. The predicted molar refractivity (Wildman–Crippen MR) is 109 cm³/mol. The molecule has 2 aromatic carbocycles. The summed E-state index contributed by atoms with van der Waals surface area (Å²) in [6, 6.07) is 9.50. The number of phenolic OH excluding ortho intramolecular Hbond substituents is 1. The average Bonchev–Trinajstić information content (AvgIpc) is 2.62. The number of carbonyl (C=O) groups excluding carboxylic acids is 1. The van der Waals surface area contributed by atoms with Gasteiger partial charge in [0.2, 0.25) is 0 Å². The van der Waals surface area contributed by atoms with Gasteiger partial charge in [-0.25, -0.2) is 0 Å². The van der Waals surface area contributed by atoms with Crippen LogP contribution in [0.2, 0.25) is 0 Å². The molecule has 1 atom stereocenters. The van der Waals surface area contributed by atoms with Crippen molar-refractivity contribution in [3.8, 4) is 5.75 Å². The molecule has 0 aromatic heterocycles. The Bertz CT molecular complexity index is 892. The molecule has 0 bridgehead atoms. The van der Waals surface area contributed by atoms with Gasteiger partial charge in [0.25, 0.3) is 0 Å². The molecule has 0 saturated carbocycles. The Labute approximate surface area is 167 Å². The third-order valence-corrected chi connectivity index (χ3v) is 6.36. The van der Waals surface area contributed by atoms with Crippen LogP contribution in [0.5, 0.6) is 5.75 Å². The first-order valence-electron chi connectivity index (χ1n) is 8.44. The molecule has 2 aromatic rings. The van der Waals surface area contributed by atoms with Crippen molar-refractivity contribution >= 4 is 30.1 Å². The third-order valence-electron chi connectivity index (χ3n) is 3.90. The molecule has 0 saturated heterocycles. The van der Waals surface area contributed by atoms with Gasteiger partial charge in [0.1, 0.15) is 5.75 Å². The van der Waals surface area contributed by atoms with Gasteiger partial charge in [-0.3, -0.25) is 0 Å². The van der Waals surface area contributed by atoms with E-state index in [0.29, 0.717) is 11.4 Å². The molecule has 0 fully saturated rings. The van der Waals surface area contributed by atoms with Gasteiger partial charge < -0.3 is 5.11 Å². The van der Waals surface area contributed by atoms with Gasteiger partial charge in [-0.1, -0.05) is 24.3 Å². The minimum atomic E-state index is -4.76. The number of aromatic hydroxyl groups is 1. The van der Waals surface area contributed by atoms with Crippen LogP contribution in [0.1, 0.15) is 30.5 Å². The molecule has 8 heteroatoms. The molecule has 0 spiro atoms. The molecule has 1 unspecified atom stereocenters. The van der Waals surface area contributed by atoms with E-state index in [0.717, 1.165) is 28.7 Å². The average molecular weight is 451 g/mol. The molecule has 0 aliphatic carbocycles. The number of rotatable bonds is 5. The summed E-state index contributed by atoms with van der Waals surface area (Å²) in [4.78, 5) is 10.7. The van der Waals surface area contributed by atoms with E-state index in [1.807, 2.05) is 32.9 Å². The Balaban J connectivity index is 0.000000283. The normalized spacial score (nSPS) is 12.4. The minimum absolute atomic E-state index is 0.00438. The summed E-state index contributed by atoms with van der Waals surface area (Å²) in [6.45, 7) is 11.1. The third kappa shape index (κ3) is 7.02. The number of carbonyl (C=O) groups is 1. The standard InChI is InChI=1S/C12H16O.C8H10AsNO5/c1-8(2)7-11-6-5-9(3)10(4)12(11)13;1-6(11)10-8-4-2-7(3-5-8)9(12,13)15-14/h5-6,13H,1,7H2,2-4H3;2-5,14H,1H3,(H,10,11)(H,12,13). The molecule has 2 rings (SSSR count). The van der Waals surface area contributed by atoms with Crippen LogP contribution in [0.25, 0.3) is 0 Å². The fourth-order valence-electron chi connectivity index (χ4n) is 2.31. The number of nitrogens with one attached hydrogen (secondary N) is 1. The summed E-state index contributed by atoms with van der Waals surface area (Å²) < 4.78 is 23.8. The second-order valence-electron chi connectivity index (χ2n) is 6.48. The zero-order valence-corrected chi connectivity index (χ0v) is 18.3. The van der Waals surface area contributed by atoms with Crippen LogP contribution in [0, 0.1) is 13.8 Å². The molecule has 152 valence electrons. The van der Waals surface area contributed by atoms with Crippen LogP contribution in [0.4, 0.5) is 5.69 Å². The number of allylic oxidation sites excluding steroid dienone is 1. The van der Waals surface area contributed by atoms with E-state index in [-0.39, 0.29) is 10.3 Å². The van der Waals surface area contributed by atoms with Gasteiger partial charge in [-0.15, -0.1) is 0 Å². The maximum absolute atomic E-state index is 11.2. The van der Waals surface area contributed by atoms with Gasteiger partial charge in [-0.05, 0) is 43.9 Å². The van der Waals surface area contributed by atoms with Crippen molar-refractivity contribution in [2.75, 3.05) is 5.32 Å². The van der Waals surface area contributed by atoms with Gasteiger partial charge in [0, 0.05) is 0 Å². The molecule has 0 heterocycles. The number of hydrogen-bond acceptors (Lipinski definition) is 5. The molecule has 7 nitrogen and oxygen atoms in total. The molecule has 4 N–H and O–H groups in total. The summed E-state index contributed by atoms with van der Waals surface area (Å²) in [7, 11) is 0. The second-order valence-corrected chi connectivity index (χ2v) is 10.1. The van der Waals surface area contributed by atoms with Gasteiger partial charge in [-0.2, -0.15) is 0 Å². The first-order chi connectivity index (χ1) is 13.0. The Morgan fingerprint density at radius 2 is 1.71 bits per heavy atom. The number of aryl methyl sites for hydroxylation is 1. The zero-order valence-electron chi connectivity index (χ0n) is 16.4. The van der Waals surface area contributed by atoms with E-state index < -0.39 is 14.2 Å². The van der Waals surface area contributed by atoms with Crippen molar-refractivity contribution in [1.29, 1.82) is 0 Å². The summed E-state index contributed by atoms with van der Waals surface area (Å²) >= 11 is -4.76. The van der Waals surface area contributed by atoms with Gasteiger partial charge >= 0.3 is 88.4 Å². The van der Waals surface area contributed by atoms with E-state index in [1.54, 1.807) is 0 Å². The van der Waals surface area contributed by atoms with Crippen molar-refractivity contribution in [3.05, 3.63) is 65.2 Å². The van der Waals surface area contributed by atoms with Gasteiger partial charge in [0.05, 0.1) is 0 Å². The van der Waals surface area contributed by atoms with E-state index in [4.69, 9.17) is 9.35 Å². The number of hydrogen-bond donors (Lipinski definition) is 4. The summed E-state index contributed by atoms with van der Waals surface area (Å²) in [5.41, 5.74) is 4.63. The number of phenols is 1. The van der Waals surface area contributed by atoms with Crippen LogP contribution in [-0.2, 0) is 18.8 Å². The number of anilines is 1. The quantitative estimate of drug-likeness (QED) is 0.241. The molecular formula is C20H26AsNO6. The zero-order chi connectivity index (χ0) is 21.5. The van der Waals surface area contributed by atoms with E-state index in [1.165, 1.54) is 31.2 Å². The second kappa shape index (κ2) is 10.3. The van der Waals surface area contributed by atoms with Crippen LogP contribution in [0.3, 0.4) is 0 Å². The van der Waals surface area contributed by atoms with Crippen molar-refractivity contribution in [3.63, 3.8) is 0 Å². The Kier molecular flexibility index (Phi) is 8.72. The number of amides is 1. The monoisotopic (exact) mass is 451 g/mol. The fourth-order valence-corrected chi connectivity index (χ4v) is 3.61. The number of benzene rings is 2. The van der Waals surface area contributed by atoms with E-state index in [9.17, 15) is 13.6 Å². The predicted octanol–water partition coefficient (Wildman–Crippen LogP) is 2.83. The maximum atomic E-state index is 11.2. The molecular weight excluding hydrogens is 425 g/mol. The summed E-state index contributed by atoms with van der Waals surface area (Å²) in [6.07, 6.45) is 0.757. The molecule has 1 amide bonds. The molecule has 0 aliphatic rings. The first kappa shape index (κ1) is 23.7. The van der Waals surface area contributed by atoms with Crippen LogP contribution >= 0.6 is 0 Å². The first-order valence-corrected chi connectivity index (χ1v) is 11.8. The van der Waals surface area contributed by atoms with Crippen molar-refractivity contribution in [2.45, 2.75) is 34.1 Å². The van der Waals surface area contributed by atoms with Crippen molar-refractivity contribution in [2.24, 2.45) is 0 Å². The SMILES string of the molecule is C=C(C)Cc1ccc(C)c(C)c1O.CC(=O)Nc1ccc([As](=O)(O)OO)cc1. The Morgan fingerprint density at radius 3 is 2.18 bits per heavy atom. The fraction of sp³-hybridized carbons (Fsp3) is 0.250. The van der Waals surface area contributed by atoms with E-state index in [2.05, 4.69) is 15.8 Å².